The molecule has 0 aromatic carbocycles. The average molecular weight is 213 g/mol. The first kappa shape index (κ1) is 9.87. The Balaban J connectivity index is 2.35. The predicted octanol–water partition coefficient (Wildman–Crippen LogP) is 2.55. The summed E-state index contributed by atoms with van der Waals surface area (Å²) in [5.74, 6) is 0.727. The van der Waals surface area contributed by atoms with E-state index >= 15 is 0 Å². The van der Waals surface area contributed by atoms with Gasteiger partial charge in [-0.1, -0.05) is 11.6 Å². The molecule has 1 aliphatic carbocycles. The number of aromatic nitrogens is 2. The van der Waals surface area contributed by atoms with E-state index in [1.807, 2.05) is 0 Å². The zero-order chi connectivity index (χ0) is 10.0. The molecule has 1 aromatic heterocycles. The van der Waals surface area contributed by atoms with Crippen molar-refractivity contribution in [3.8, 4) is 0 Å². The molecular formula is C10H13ClN2O. The molecule has 0 unspecified atom stereocenters. The Kier molecular flexibility index (Phi) is 2.70. The van der Waals surface area contributed by atoms with Crippen molar-refractivity contribution in [2.45, 2.75) is 31.3 Å². The highest BCUT2D eigenvalue weighted by Crippen LogP contribution is 2.39. The third kappa shape index (κ3) is 1.62. The maximum atomic E-state index is 5.84. The summed E-state index contributed by atoms with van der Waals surface area (Å²) >= 11 is 5.84. The molecule has 1 aromatic rings. The molecule has 76 valence electrons. The fourth-order valence-electron chi connectivity index (χ4n) is 2.02. The van der Waals surface area contributed by atoms with Gasteiger partial charge >= 0.3 is 0 Å². The summed E-state index contributed by atoms with van der Waals surface area (Å²) in [7, 11) is 1.72. The van der Waals surface area contributed by atoms with E-state index in [4.69, 9.17) is 16.3 Å². The normalized spacial score (nSPS) is 19.9. The van der Waals surface area contributed by atoms with Crippen LogP contribution in [0.2, 0.25) is 5.15 Å². The summed E-state index contributed by atoms with van der Waals surface area (Å²) in [4.78, 5) is 8.47. The Morgan fingerprint density at radius 2 is 2.14 bits per heavy atom. The minimum atomic E-state index is -0.287. The van der Waals surface area contributed by atoms with E-state index in [9.17, 15) is 0 Å². The monoisotopic (exact) mass is 212 g/mol. The molecule has 0 saturated heterocycles. The fraction of sp³-hybridized carbons (Fsp3) is 0.600. The van der Waals surface area contributed by atoms with Crippen LogP contribution in [0, 0.1) is 0 Å². The lowest BCUT2D eigenvalue weighted by atomic mass is 10.0. The van der Waals surface area contributed by atoms with Crippen molar-refractivity contribution < 1.29 is 4.74 Å². The highest BCUT2D eigenvalue weighted by molar-refractivity contribution is 6.29. The van der Waals surface area contributed by atoms with Gasteiger partial charge in [0.05, 0.1) is 0 Å². The van der Waals surface area contributed by atoms with E-state index in [2.05, 4.69) is 9.97 Å². The van der Waals surface area contributed by atoms with Gasteiger partial charge < -0.3 is 4.74 Å². The Bertz CT molecular complexity index is 324. The third-order valence-corrected chi connectivity index (χ3v) is 3.04. The topological polar surface area (TPSA) is 35.0 Å². The van der Waals surface area contributed by atoms with Gasteiger partial charge in [-0.05, 0) is 31.7 Å². The zero-order valence-electron chi connectivity index (χ0n) is 8.16. The molecule has 2 rings (SSSR count). The molecule has 3 nitrogen and oxygen atoms in total. The van der Waals surface area contributed by atoms with E-state index in [1.165, 1.54) is 12.8 Å². The van der Waals surface area contributed by atoms with Gasteiger partial charge in [-0.2, -0.15) is 0 Å². The molecular weight excluding hydrogens is 200 g/mol. The van der Waals surface area contributed by atoms with Gasteiger partial charge in [-0.3, -0.25) is 0 Å². The van der Waals surface area contributed by atoms with E-state index < -0.39 is 0 Å². The maximum Gasteiger partial charge on any atom is 0.161 e. The van der Waals surface area contributed by atoms with Crippen LogP contribution in [0.3, 0.4) is 0 Å². The van der Waals surface area contributed by atoms with Crippen molar-refractivity contribution in [2.75, 3.05) is 7.11 Å². The van der Waals surface area contributed by atoms with Crippen molar-refractivity contribution in [3.63, 3.8) is 0 Å². The Labute approximate surface area is 88.5 Å². The standard InChI is InChI=1S/C10H13ClN2O/c1-14-10(5-2-3-6-10)9-12-7-4-8(11)13-9/h4,7H,2-3,5-6H2,1H3. The second kappa shape index (κ2) is 3.83. The molecule has 0 aliphatic heterocycles. The van der Waals surface area contributed by atoms with Crippen LogP contribution in [0.25, 0.3) is 0 Å². The molecule has 0 spiro atoms. The van der Waals surface area contributed by atoms with Crippen LogP contribution in [-0.2, 0) is 10.3 Å². The largest absolute Gasteiger partial charge is 0.370 e. The van der Waals surface area contributed by atoms with Crippen LogP contribution < -0.4 is 0 Å². The average Bonchev–Trinajstić information content (AvgIpc) is 2.67. The molecule has 0 atom stereocenters. The van der Waals surface area contributed by atoms with Crippen LogP contribution in [-0.4, -0.2) is 17.1 Å². The van der Waals surface area contributed by atoms with Gasteiger partial charge in [0.2, 0.25) is 0 Å². The number of nitrogens with zero attached hydrogens (tertiary/aromatic N) is 2. The predicted molar refractivity (Wildman–Crippen MR) is 54.2 cm³/mol. The molecule has 0 radical (unpaired) electrons. The number of methoxy groups -OCH3 is 1. The van der Waals surface area contributed by atoms with E-state index in [0.717, 1.165) is 18.7 Å². The molecule has 1 heterocycles. The minimum Gasteiger partial charge on any atom is -0.370 e. The van der Waals surface area contributed by atoms with Gasteiger partial charge in [0.1, 0.15) is 10.8 Å². The molecule has 1 saturated carbocycles. The van der Waals surface area contributed by atoms with E-state index in [-0.39, 0.29) is 5.60 Å². The molecule has 0 amide bonds. The number of ether oxygens (including phenoxy) is 1. The molecule has 0 N–H and O–H groups in total. The molecule has 14 heavy (non-hydrogen) atoms. The van der Waals surface area contributed by atoms with Crippen LogP contribution in [0.4, 0.5) is 0 Å². The first-order valence-electron chi connectivity index (χ1n) is 4.81. The lowest BCUT2D eigenvalue weighted by Crippen LogP contribution is -2.27. The maximum absolute atomic E-state index is 5.84. The summed E-state index contributed by atoms with van der Waals surface area (Å²) in [5, 5.41) is 0.485. The number of hydrogen-bond donors (Lipinski definition) is 0. The fourth-order valence-corrected chi connectivity index (χ4v) is 2.16. The number of halogens is 1. The minimum absolute atomic E-state index is 0.287. The third-order valence-electron chi connectivity index (χ3n) is 2.83. The van der Waals surface area contributed by atoms with Crippen molar-refractivity contribution in [1.29, 1.82) is 0 Å². The van der Waals surface area contributed by atoms with Gasteiger partial charge in [-0.25, -0.2) is 9.97 Å². The number of rotatable bonds is 2. The van der Waals surface area contributed by atoms with E-state index in [1.54, 1.807) is 19.4 Å². The summed E-state index contributed by atoms with van der Waals surface area (Å²) < 4.78 is 5.56. The molecule has 1 aliphatic rings. The summed E-state index contributed by atoms with van der Waals surface area (Å²) in [5.41, 5.74) is -0.287. The van der Waals surface area contributed by atoms with Crippen molar-refractivity contribution in [3.05, 3.63) is 23.2 Å². The Morgan fingerprint density at radius 1 is 1.43 bits per heavy atom. The van der Waals surface area contributed by atoms with Crippen molar-refractivity contribution >= 4 is 11.6 Å². The summed E-state index contributed by atoms with van der Waals surface area (Å²) in [6.45, 7) is 0. The van der Waals surface area contributed by atoms with Gasteiger partial charge in [-0.15, -0.1) is 0 Å². The highest BCUT2D eigenvalue weighted by Gasteiger charge is 2.38. The van der Waals surface area contributed by atoms with Crippen LogP contribution >= 0.6 is 11.6 Å². The van der Waals surface area contributed by atoms with Gasteiger partial charge in [0.25, 0.3) is 0 Å². The van der Waals surface area contributed by atoms with Crippen LogP contribution in [0.15, 0.2) is 12.3 Å². The zero-order valence-corrected chi connectivity index (χ0v) is 8.92. The summed E-state index contributed by atoms with van der Waals surface area (Å²) in [6, 6.07) is 1.68. The second-order valence-electron chi connectivity index (χ2n) is 3.61. The van der Waals surface area contributed by atoms with Crippen molar-refractivity contribution in [1.82, 2.24) is 9.97 Å². The second-order valence-corrected chi connectivity index (χ2v) is 4.00. The lowest BCUT2D eigenvalue weighted by Gasteiger charge is -2.25. The Morgan fingerprint density at radius 3 is 2.71 bits per heavy atom. The van der Waals surface area contributed by atoms with Crippen molar-refractivity contribution in [2.24, 2.45) is 0 Å². The molecule has 0 bridgehead atoms. The van der Waals surface area contributed by atoms with Gasteiger partial charge in [0.15, 0.2) is 5.82 Å². The van der Waals surface area contributed by atoms with E-state index in [0.29, 0.717) is 5.15 Å². The molecule has 1 fully saturated rings. The first-order valence-corrected chi connectivity index (χ1v) is 5.19. The van der Waals surface area contributed by atoms with Crippen LogP contribution in [0.5, 0.6) is 0 Å². The smallest absolute Gasteiger partial charge is 0.161 e. The highest BCUT2D eigenvalue weighted by atomic mass is 35.5. The SMILES string of the molecule is COC1(c2nccc(Cl)n2)CCCC1. The summed E-state index contributed by atoms with van der Waals surface area (Å²) in [6.07, 6.45) is 6.00. The quantitative estimate of drug-likeness (QED) is 0.707. The van der Waals surface area contributed by atoms with Crippen LogP contribution in [0.1, 0.15) is 31.5 Å². The Hall–Kier alpha value is -0.670. The first-order chi connectivity index (χ1) is 6.77. The van der Waals surface area contributed by atoms with Gasteiger partial charge in [0, 0.05) is 13.3 Å². The molecule has 4 heteroatoms. The number of hydrogen-bond acceptors (Lipinski definition) is 3. The lowest BCUT2D eigenvalue weighted by molar-refractivity contribution is -0.0163.